The van der Waals surface area contributed by atoms with Gasteiger partial charge >= 0.3 is 12.1 Å². The SMILES string of the molecule is CC[C@](C)(Oc1ccc(OCCCOc2cc3c(cc2Cl)C(C(F)(F)F)=CC(C)O3)cc1)C(=O)O. The average Bonchev–Trinajstić information content (AvgIpc) is 2.79. The number of alkyl halides is 3. The zero-order valence-corrected chi connectivity index (χ0v) is 20.2. The predicted octanol–water partition coefficient (Wildman–Crippen LogP) is 6.55. The van der Waals surface area contributed by atoms with Gasteiger partial charge in [-0.1, -0.05) is 18.5 Å². The van der Waals surface area contributed by atoms with Crippen LogP contribution in [0.3, 0.4) is 0 Å². The number of allylic oxidation sites excluding steroid dienone is 1. The number of hydrogen-bond acceptors (Lipinski definition) is 5. The van der Waals surface area contributed by atoms with Gasteiger partial charge in [0.2, 0.25) is 5.60 Å². The lowest BCUT2D eigenvalue weighted by Crippen LogP contribution is -2.40. The van der Waals surface area contributed by atoms with Crippen molar-refractivity contribution < 1.29 is 42.0 Å². The highest BCUT2D eigenvalue weighted by Gasteiger charge is 2.39. The number of ether oxygens (including phenoxy) is 4. The van der Waals surface area contributed by atoms with E-state index in [1.807, 2.05) is 0 Å². The van der Waals surface area contributed by atoms with Crippen molar-refractivity contribution in [2.45, 2.75) is 51.5 Å². The summed E-state index contributed by atoms with van der Waals surface area (Å²) in [4.78, 5) is 11.4. The van der Waals surface area contributed by atoms with E-state index in [-0.39, 0.29) is 28.7 Å². The normalized spacial score (nSPS) is 16.9. The van der Waals surface area contributed by atoms with Gasteiger partial charge < -0.3 is 24.1 Å². The third-order valence-electron chi connectivity index (χ3n) is 5.45. The molecule has 2 atom stereocenters. The Hall–Kier alpha value is -3.07. The molecular weight excluding hydrogens is 489 g/mol. The molecule has 1 aliphatic heterocycles. The van der Waals surface area contributed by atoms with E-state index in [2.05, 4.69) is 0 Å². The molecule has 0 amide bonds. The third-order valence-corrected chi connectivity index (χ3v) is 5.75. The molecule has 0 bridgehead atoms. The van der Waals surface area contributed by atoms with Crippen LogP contribution in [-0.2, 0) is 4.79 Å². The van der Waals surface area contributed by atoms with Crippen molar-refractivity contribution in [1.82, 2.24) is 0 Å². The Labute approximate surface area is 206 Å². The zero-order chi connectivity index (χ0) is 25.8. The van der Waals surface area contributed by atoms with Gasteiger partial charge in [0.1, 0.15) is 29.1 Å². The van der Waals surface area contributed by atoms with Crippen molar-refractivity contribution in [3.05, 3.63) is 53.1 Å². The van der Waals surface area contributed by atoms with Gasteiger partial charge in [0, 0.05) is 18.1 Å². The molecule has 1 aliphatic rings. The van der Waals surface area contributed by atoms with Gasteiger partial charge in [0.25, 0.3) is 0 Å². The molecule has 190 valence electrons. The fraction of sp³-hybridized carbons (Fsp3) is 0.400. The van der Waals surface area contributed by atoms with E-state index in [1.165, 1.54) is 26.0 Å². The van der Waals surface area contributed by atoms with Gasteiger partial charge in [0.05, 0.1) is 23.8 Å². The summed E-state index contributed by atoms with van der Waals surface area (Å²) >= 11 is 6.16. The average molecular weight is 515 g/mol. The second-order valence-corrected chi connectivity index (χ2v) is 8.60. The highest BCUT2D eigenvalue weighted by molar-refractivity contribution is 6.32. The summed E-state index contributed by atoms with van der Waals surface area (Å²) < 4.78 is 62.4. The van der Waals surface area contributed by atoms with Crippen molar-refractivity contribution >= 4 is 23.1 Å². The second-order valence-electron chi connectivity index (χ2n) is 8.19. The van der Waals surface area contributed by atoms with E-state index >= 15 is 0 Å². The number of carbonyl (C=O) groups is 1. The molecular formula is C25H26ClF3O6. The number of benzene rings is 2. The van der Waals surface area contributed by atoms with Crippen LogP contribution in [0.4, 0.5) is 13.2 Å². The Morgan fingerprint density at radius 1 is 1.11 bits per heavy atom. The van der Waals surface area contributed by atoms with E-state index < -0.39 is 29.4 Å². The molecule has 2 aromatic rings. The first-order valence-corrected chi connectivity index (χ1v) is 11.4. The molecule has 0 saturated carbocycles. The Morgan fingerprint density at radius 2 is 1.74 bits per heavy atom. The number of hydrogen-bond donors (Lipinski definition) is 1. The third kappa shape index (κ3) is 6.54. The van der Waals surface area contributed by atoms with Gasteiger partial charge in [-0.2, -0.15) is 13.2 Å². The largest absolute Gasteiger partial charge is 0.493 e. The number of fused-ring (bicyclic) bond motifs is 1. The van der Waals surface area contributed by atoms with Crippen LogP contribution < -0.4 is 18.9 Å². The van der Waals surface area contributed by atoms with Crippen LogP contribution in [0.5, 0.6) is 23.0 Å². The molecule has 0 aromatic heterocycles. The van der Waals surface area contributed by atoms with Crippen LogP contribution in [0.15, 0.2) is 42.5 Å². The highest BCUT2D eigenvalue weighted by atomic mass is 35.5. The predicted molar refractivity (Wildman–Crippen MR) is 125 cm³/mol. The first-order chi connectivity index (χ1) is 16.4. The minimum atomic E-state index is -4.52. The van der Waals surface area contributed by atoms with Crippen LogP contribution in [-0.4, -0.2) is 42.2 Å². The maximum atomic E-state index is 13.4. The summed E-state index contributed by atoms with van der Waals surface area (Å²) in [5, 5.41) is 9.35. The van der Waals surface area contributed by atoms with Crippen molar-refractivity contribution in [2.75, 3.05) is 13.2 Å². The van der Waals surface area contributed by atoms with E-state index in [1.54, 1.807) is 31.2 Å². The lowest BCUT2D eigenvalue weighted by atomic mass is 10.00. The van der Waals surface area contributed by atoms with Crippen LogP contribution in [0.25, 0.3) is 5.57 Å². The molecule has 1 heterocycles. The lowest BCUT2D eigenvalue weighted by Gasteiger charge is -2.25. The van der Waals surface area contributed by atoms with Gasteiger partial charge in [-0.3, -0.25) is 0 Å². The number of halogens is 4. The smallest absolute Gasteiger partial charge is 0.416 e. The summed E-state index contributed by atoms with van der Waals surface area (Å²) in [5.41, 5.74) is -2.22. The lowest BCUT2D eigenvalue weighted by molar-refractivity contribution is -0.154. The Morgan fingerprint density at radius 3 is 2.34 bits per heavy atom. The molecule has 0 aliphatic carbocycles. The Balaban J connectivity index is 1.52. The molecule has 3 rings (SSSR count). The zero-order valence-electron chi connectivity index (χ0n) is 19.4. The summed E-state index contributed by atoms with van der Waals surface area (Å²) in [6.07, 6.45) is -3.46. The minimum absolute atomic E-state index is 0.0500. The number of carboxylic acids is 1. The standard InChI is InChI=1S/C25H26ClF3O6/c1-4-24(3,23(30)31)35-17-8-6-16(7-9-17)32-10-5-11-33-22-14-21-18(13-20(22)26)19(25(27,28)29)12-15(2)34-21/h6-9,12-15H,4-5,10-11H2,1-3H3,(H,30,31)/t15?,24-/m0/s1. The van der Waals surface area contributed by atoms with Crippen molar-refractivity contribution in [3.63, 3.8) is 0 Å². The van der Waals surface area contributed by atoms with Crippen LogP contribution in [0, 0.1) is 0 Å². The minimum Gasteiger partial charge on any atom is -0.493 e. The molecule has 2 aromatic carbocycles. The molecule has 0 spiro atoms. The number of carboxylic acid groups (broad SMARTS) is 1. The number of rotatable bonds is 10. The van der Waals surface area contributed by atoms with Crippen LogP contribution in [0.2, 0.25) is 5.02 Å². The topological polar surface area (TPSA) is 74.2 Å². The van der Waals surface area contributed by atoms with Crippen molar-refractivity contribution in [3.8, 4) is 23.0 Å². The van der Waals surface area contributed by atoms with E-state index in [0.29, 0.717) is 30.9 Å². The summed E-state index contributed by atoms with van der Waals surface area (Å²) in [5.74, 6) is 0.214. The summed E-state index contributed by atoms with van der Waals surface area (Å²) in [7, 11) is 0. The van der Waals surface area contributed by atoms with Crippen molar-refractivity contribution in [1.29, 1.82) is 0 Å². The second kappa shape index (κ2) is 10.7. The van der Waals surface area contributed by atoms with Crippen LogP contribution in [0.1, 0.15) is 39.2 Å². The molecule has 1 unspecified atom stereocenters. The van der Waals surface area contributed by atoms with E-state index in [0.717, 1.165) is 6.08 Å². The molecule has 0 saturated heterocycles. The van der Waals surface area contributed by atoms with Crippen molar-refractivity contribution in [2.24, 2.45) is 0 Å². The fourth-order valence-electron chi connectivity index (χ4n) is 3.32. The van der Waals surface area contributed by atoms with Gasteiger partial charge in [-0.25, -0.2) is 4.79 Å². The molecule has 6 nitrogen and oxygen atoms in total. The van der Waals surface area contributed by atoms with E-state index in [9.17, 15) is 23.1 Å². The summed E-state index contributed by atoms with van der Waals surface area (Å²) in [6, 6.07) is 9.15. The first-order valence-electron chi connectivity index (χ1n) is 11.0. The molecule has 1 N–H and O–H groups in total. The maximum Gasteiger partial charge on any atom is 0.416 e. The molecule has 0 radical (unpaired) electrons. The first kappa shape index (κ1) is 26.5. The molecule has 0 fully saturated rings. The Kier molecular flexibility index (Phi) is 8.10. The monoisotopic (exact) mass is 514 g/mol. The van der Waals surface area contributed by atoms with Crippen LogP contribution >= 0.6 is 11.6 Å². The fourth-order valence-corrected chi connectivity index (χ4v) is 3.54. The summed E-state index contributed by atoms with van der Waals surface area (Å²) in [6.45, 7) is 5.28. The van der Waals surface area contributed by atoms with Gasteiger partial charge in [-0.15, -0.1) is 0 Å². The molecule has 10 heteroatoms. The van der Waals surface area contributed by atoms with Gasteiger partial charge in [-0.05, 0) is 56.7 Å². The Bertz CT molecular complexity index is 1080. The number of aliphatic carboxylic acids is 1. The maximum absolute atomic E-state index is 13.4. The highest BCUT2D eigenvalue weighted by Crippen LogP contribution is 2.45. The quantitative estimate of drug-likeness (QED) is 0.363. The molecule has 35 heavy (non-hydrogen) atoms. The van der Waals surface area contributed by atoms with E-state index in [4.69, 9.17) is 30.5 Å². The van der Waals surface area contributed by atoms with Gasteiger partial charge in [0.15, 0.2) is 0 Å².